The number of carbonyl (C=O) groups excluding carboxylic acids is 1. The van der Waals surface area contributed by atoms with E-state index in [0.29, 0.717) is 6.42 Å². The van der Waals surface area contributed by atoms with Gasteiger partial charge in [-0.2, -0.15) is 0 Å². The minimum atomic E-state index is 0.0116. The molecule has 114 valence electrons. The van der Waals surface area contributed by atoms with E-state index in [4.69, 9.17) is 5.73 Å². The van der Waals surface area contributed by atoms with Gasteiger partial charge in [-0.1, -0.05) is 12.1 Å². The lowest BCUT2D eigenvalue weighted by Gasteiger charge is -2.33. The van der Waals surface area contributed by atoms with E-state index in [1.54, 1.807) is 0 Å². The van der Waals surface area contributed by atoms with Crippen molar-refractivity contribution in [3.05, 3.63) is 29.3 Å². The molecular weight excluding hydrogens is 262 g/mol. The van der Waals surface area contributed by atoms with Crippen LogP contribution in [0, 0.1) is 0 Å². The Kier molecular flexibility index (Phi) is 3.89. The molecular formula is C17H25N3O. The Bertz CT molecular complexity index is 543. The van der Waals surface area contributed by atoms with Gasteiger partial charge in [0.1, 0.15) is 0 Å². The van der Waals surface area contributed by atoms with Gasteiger partial charge in [-0.3, -0.25) is 4.79 Å². The first-order chi connectivity index (χ1) is 10.1. The highest BCUT2D eigenvalue weighted by molar-refractivity contribution is 5.77. The molecule has 21 heavy (non-hydrogen) atoms. The molecule has 1 aromatic carbocycles. The third-order valence-electron chi connectivity index (χ3n) is 4.94. The molecule has 1 amide bonds. The molecule has 0 bridgehead atoms. The van der Waals surface area contributed by atoms with Crippen LogP contribution in [0.2, 0.25) is 0 Å². The molecule has 1 saturated heterocycles. The first kappa shape index (κ1) is 14.4. The van der Waals surface area contributed by atoms with Crippen LogP contribution in [0.4, 0.5) is 5.69 Å². The van der Waals surface area contributed by atoms with Gasteiger partial charge in [0.2, 0.25) is 5.91 Å². The third-order valence-corrected chi connectivity index (χ3v) is 4.94. The van der Waals surface area contributed by atoms with Crippen molar-refractivity contribution in [1.29, 1.82) is 0 Å². The SMILES string of the molecule is CN1CCCc2cc(C3C(N)CCCC(=O)N3C)ccc21. The van der Waals surface area contributed by atoms with Crippen molar-refractivity contribution in [2.24, 2.45) is 5.73 Å². The molecule has 4 nitrogen and oxygen atoms in total. The Hall–Kier alpha value is -1.55. The lowest BCUT2D eigenvalue weighted by Crippen LogP contribution is -2.40. The number of likely N-dealkylation sites (tertiary alicyclic amines) is 1. The molecule has 4 heteroatoms. The summed E-state index contributed by atoms with van der Waals surface area (Å²) in [6.45, 7) is 1.12. The molecule has 2 atom stereocenters. The fraction of sp³-hybridized carbons (Fsp3) is 0.588. The van der Waals surface area contributed by atoms with E-state index < -0.39 is 0 Å². The van der Waals surface area contributed by atoms with Gasteiger partial charge in [-0.05, 0) is 42.9 Å². The number of aryl methyl sites for hydroxylation is 1. The Morgan fingerprint density at radius 3 is 2.81 bits per heavy atom. The minimum Gasteiger partial charge on any atom is -0.374 e. The van der Waals surface area contributed by atoms with Gasteiger partial charge in [0.15, 0.2) is 0 Å². The number of benzene rings is 1. The van der Waals surface area contributed by atoms with E-state index in [1.807, 2.05) is 11.9 Å². The van der Waals surface area contributed by atoms with Gasteiger partial charge >= 0.3 is 0 Å². The third kappa shape index (κ3) is 2.64. The Morgan fingerprint density at radius 2 is 2.00 bits per heavy atom. The molecule has 0 aliphatic carbocycles. The van der Waals surface area contributed by atoms with E-state index in [9.17, 15) is 4.79 Å². The van der Waals surface area contributed by atoms with Crippen molar-refractivity contribution in [1.82, 2.24) is 4.90 Å². The van der Waals surface area contributed by atoms with Crippen molar-refractivity contribution in [2.45, 2.75) is 44.2 Å². The lowest BCUT2D eigenvalue weighted by molar-refractivity contribution is -0.131. The summed E-state index contributed by atoms with van der Waals surface area (Å²) in [6.07, 6.45) is 4.74. The van der Waals surface area contributed by atoms with Gasteiger partial charge in [-0.15, -0.1) is 0 Å². The average molecular weight is 287 g/mol. The average Bonchev–Trinajstić information content (AvgIpc) is 2.58. The van der Waals surface area contributed by atoms with E-state index in [1.165, 1.54) is 23.2 Å². The summed E-state index contributed by atoms with van der Waals surface area (Å²) in [5.74, 6) is 0.211. The maximum absolute atomic E-state index is 12.1. The van der Waals surface area contributed by atoms with Crippen LogP contribution in [-0.2, 0) is 11.2 Å². The quantitative estimate of drug-likeness (QED) is 0.860. The maximum Gasteiger partial charge on any atom is 0.222 e. The van der Waals surface area contributed by atoms with Crippen LogP contribution in [0.1, 0.15) is 42.9 Å². The van der Waals surface area contributed by atoms with Crippen molar-refractivity contribution >= 4 is 11.6 Å². The molecule has 1 fully saturated rings. The molecule has 2 N–H and O–H groups in total. The molecule has 1 aromatic rings. The smallest absolute Gasteiger partial charge is 0.222 e. The first-order valence-corrected chi connectivity index (χ1v) is 7.93. The van der Waals surface area contributed by atoms with Crippen molar-refractivity contribution < 1.29 is 4.79 Å². The highest BCUT2D eigenvalue weighted by Gasteiger charge is 2.31. The van der Waals surface area contributed by atoms with E-state index in [2.05, 4.69) is 30.1 Å². The number of likely N-dealkylation sites (N-methyl/N-ethyl adjacent to an activating group) is 1. The summed E-state index contributed by atoms with van der Waals surface area (Å²) in [4.78, 5) is 16.3. The van der Waals surface area contributed by atoms with Crippen LogP contribution in [0.25, 0.3) is 0 Å². The fourth-order valence-electron chi connectivity index (χ4n) is 3.73. The Morgan fingerprint density at radius 1 is 1.19 bits per heavy atom. The molecule has 2 aliphatic rings. The molecule has 2 unspecified atom stereocenters. The number of rotatable bonds is 1. The molecule has 0 saturated carbocycles. The van der Waals surface area contributed by atoms with Crippen LogP contribution in [0.3, 0.4) is 0 Å². The zero-order valence-electron chi connectivity index (χ0n) is 13.0. The maximum atomic E-state index is 12.1. The number of anilines is 1. The normalized spacial score (nSPS) is 26.5. The molecule has 3 rings (SSSR count). The molecule has 2 aliphatic heterocycles. The second-order valence-corrected chi connectivity index (χ2v) is 6.42. The van der Waals surface area contributed by atoms with E-state index in [0.717, 1.165) is 25.8 Å². The summed E-state index contributed by atoms with van der Waals surface area (Å²) >= 11 is 0. The topological polar surface area (TPSA) is 49.6 Å². The Labute approximate surface area is 126 Å². The zero-order chi connectivity index (χ0) is 15.0. The van der Waals surface area contributed by atoms with Crippen LogP contribution in [0.5, 0.6) is 0 Å². The van der Waals surface area contributed by atoms with Crippen LogP contribution in [0.15, 0.2) is 18.2 Å². The standard InChI is InChI=1S/C17H25N3O/c1-19-10-4-5-12-11-13(8-9-15(12)19)17-14(18)6-3-7-16(21)20(17)2/h8-9,11,14,17H,3-7,10,18H2,1-2H3. The molecule has 0 spiro atoms. The van der Waals surface area contributed by atoms with Gasteiger partial charge in [0.05, 0.1) is 6.04 Å². The van der Waals surface area contributed by atoms with Crippen LogP contribution >= 0.6 is 0 Å². The Balaban J connectivity index is 1.96. The predicted molar refractivity (Wildman–Crippen MR) is 85.4 cm³/mol. The van der Waals surface area contributed by atoms with E-state index >= 15 is 0 Å². The number of amides is 1. The summed E-state index contributed by atoms with van der Waals surface area (Å²) in [5.41, 5.74) is 10.3. The second kappa shape index (κ2) is 5.68. The number of hydrogen-bond donors (Lipinski definition) is 1. The largest absolute Gasteiger partial charge is 0.374 e. The molecule has 0 aromatic heterocycles. The van der Waals surface area contributed by atoms with Gasteiger partial charge in [0, 0.05) is 38.8 Å². The summed E-state index contributed by atoms with van der Waals surface area (Å²) in [6, 6.07) is 6.66. The molecule has 0 radical (unpaired) electrons. The summed E-state index contributed by atoms with van der Waals surface area (Å²) in [7, 11) is 4.04. The number of fused-ring (bicyclic) bond motifs is 1. The van der Waals surface area contributed by atoms with Gasteiger partial charge < -0.3 is 15.5 Å². The number of carbonyl (C=O) groups is 1. The van der Waals surface area contributed by atoms with Gasteiger partial charge in [-0.25, -0.2) is 0 Å². The highest BCUT2D eigenvalue weighted by atomic mass is 16.2. The number of nitrogens with two attached hydrogens (primary N) is 1. The first-order valence-electron chi connectivity index (χ1n) is 7.93. The van der Waals surface area contributed by atoms with Crippen LogP contribution in [-0.4, -0.2) is 37.5 Å². The highest BCUT2D eigenvalue weighted by Crippen LogP contribution is 2.33. The lowest BCUT2D eigenvalue weighted by atomic mass is 9.92. The number of hydrogen-bond acceptors (Lipinski definition) is 3. The van der Waals surface area contributed by atoms with Crippen molar-refractivity contribution in [3.8, 4) is 0 Å². The van der Waals surface area contributed by atoms with Crippen LogP contribution < -0.4 is 10.6 Å². The van der Waals surface area contributed by atoms with Crippen molar-refractivity contribution in [3.63, 3.8) is 0 Å². The summed E-state index contributed by atoms with van der Waals surface area (Å²) < 4.78 is 0. The second-order valence-electron chi connectivity index (χ2n) is 6.42. The minimum absolute atomic E-state index is 0.0116. The number of nitrogens with zero attached hydrogens (tertiary/aromatic N) is 2. The van der Waals surface area contributed by atoms with Crippen molar-refractivity contribution in [2.75, 3.05) is 25.5 Å². The summed E-state index contributed by atoms with van der Waals surface area (Å²) in [5, 5.41) is 0. The van der Waals surface area contributed by atoms with Gasteiger partial charge in [0.25, 0.3) is 0 Å². The van der Waals surface area contributed by atoms with E-state index in [-0.39, 0.29) is 18.0 Å². The predicted octanol–water partition coefficient (Wildman–Crippen LogP) is 2.08. The molecule has 2 heterocycles. The monoisotopic (exact) mass is 287 g/mol. The fourth-order valence-corrected chi connectivity index (χ4v) is 3.73. The zero-order valence-corrected chi connectivity index (χ0v) is 13.0.